The molecule has 0 amide bonds. The van der Waals surface area contributed by atoms with E-state index in [2.05, 4.69) is 5.32 Å². The lowest BCUT2D eigenvalue weighted by Crippen LogP contribution is -2.24. The molecule has 0 radical (unpaired) electrons. The lowest BCUT2D eigenvalue weighted by molar-refractivity contribution is 0.500. The highest BCUT2D eigenvalue weighted by Crippen LogP contribution is 2.24. The Bertz CT molecular complexity index is 567. The molecule has 2 aromatic carbocycles. The number of likely N-dealkylation sites (N-methyl/N-ethyl adjacent to an activating group) is 1. The number of aryl methyl sites for hydroxylation is 1. The fourth-order valence-corrected chi connectivity index (χ4v) is 2.33. The van der Waals surface area contributed by atoms with Gasteiger partial charge in [-0.2, -0.15) is 0 Å². The Hall–Kier alpha value is -1.74. The number of rotatable bonds is 5. The van der Waals surface area contributed by atoms with Crippen molar-refractivity contribution in [1.29, 1.82) is 0 Å². The molecule has 2 aromatic rings. The number of halogens is 2. The maximum atomic E-state index is 14.0. The molecule has 20 heavy (non-hydrogen) atoms. The second-order valence-electron chi connectivity index (χ2n) is 4.92. The largest absolute Gasteiger partial charge is 0.310 e. The molecule has 1 atom stereocenters. The van der Waals surface area contributed by atoms with Crippen LogP contribution in [0.4, 0.5) is 8.78 Å². The van der Waals surface area contributed by atoms with Gasteiger partial charge in [-0.05, 0) is 37.1 Å². The minimum absolute atomic E-state index is 0.151. The van der Waals surface area contributed by atoms with E-state index in [0.717, 1.165) is 18.2 Å². The Balaban J connectivity index is 2.31. The first kappa shape index (κ1) is 14.7. The molecule has 0 saturated carbocycles. The van der Waals surface area contributed by atoms with Gasteiger partial charge in [0.25, 0.3) is 0 Å². The van der Waals surface area contributed by atoms with Crippen LogP contribution >= 0.6 is 0 Å². The van der Waals surface area contributed by atoms with Crippen LogP contribution in [0.2, 0.25) is 0 Å². The summed E-state index contributed by atoms with van der Waals surface area (Å²) in [6.07, 6.45) is 0.677. The molecule has 0 spiro atoms. The first-order chi connectivity index (χ1) is 9.61. The molecule has 0 saturated heterocycles. The van der Waals surface area contributed by atoms with E-state index in [1.807, 2.05) is 37.3 Å². The van der Waals surface area contributed by atoms with E-state index in [0.29, 0.717) is 17.5 Å². The fraction of sp³-hybridized carbons (Fsp3) is 0.294. The van der Waals surface area contributed by atoms with Crippen molar-refractivity contribution in [3.05, 3.63) is 70.8 Å². The summed E-state index contributed by atoms with van der Waals surface area (Å²) in [6, 6.07) is 12.3. The summed E-state index contributed by atoms with van der Waals surface area (Å²) in [4.78, 5) is 0. The summed E-state index contributed by atoms with van der Waals surface area (Å²) in [5, 5.41) is 3.27. The highest BCUT2D eigenvalue weighted by molar-refractivity contribution is 5.30. The highest BCUT2D eigenvalue weighted by atomic mass is 19.1. The predicted octanol–water partition coefficient (Wildman–Crippen LogP) is 4.17. The molecule has 0 aliphatic rings. The average Bonchev–Trinajstić information content (AvgIpc) is 2.44. The second-order valence-corrected chi connectivity index (χ2v) is 4.92. The molecule has 1 N–H and O–H groups in total. The number of nitrogens with one attached hydrogen (secondary N) is 1. The zero-order chi connectivity index (χ0) is 14.5. The van der Waals surface area contributed by atoms with Crippen molar-refractivity contribution in [2.24, 2.45) is 0 Å². The first-order valence-electron chi connectivity index (χ1n) is 6.84. The number of hydrogen-bond donors (Lipinski definition) is 1. The van der Waals surface area contributed by atoms with Gasteiger partial charge < -0.3 is 5.32 Å². The van der Waals surface area contributed by atoms with E-state index in [1.165, 1.54) is 0 Å². The molecule has 1 unspecified atom stereocenters. The summed E-state index contributed by atoms with van der Waals surface area (Å²) < 4.78 is 27.4. The van der Waals surface area contributed by atoms with E-state index < -0.39 is 11.6 Å². The normalized spacial score (nSPS) is 12.4. The highest BCUT2D eigenvalue weighted by Gasteiger charge is 2.17. The smallest absolute Gasteiger partial charge is 0.130 e. The molecule has 3 heteroatoms. The van der Waals surface area contributed by atoms with Crippen LogP contribution in [-0.2, 0) is 6.42 Å². The maximum absolute atomic E-state index is 14.0. The molecular formula is C17H19F2N. The average molecular weight is 275 g/mol. The van der Waals surface area contributed by atoms with Gasteiger partial charge in [0.1, 0.15) is 11.6 Å². The number of hydrogen-bond acceptors (Lipinski definition) is 1. The Labute approximate surface area is 118 Å². The van der Waals surface area contributed by atoms with Crippen LogP contribution in [0.5, 0.6) is 0 Å². The molecule has 0 bridgehead atoms. The van der Waals surface area contributed by atoms with Crippen LogP contribution < -0.4 is 5.32 Å². The van der Waals surface area contributed by atoms with Crippen molar-refractivity contribution in [1.82, 2.24) is 5.32 Å². The van der Waals surface area contributed by atoms with E-state index in [9.17, 15) is 8.78 Å². The van der Waals surface area contributed by atoms with Crippen LogP contribution in [-0.4, -0.2) is 6.54 Å². The van der Waals surface area contributed by atoms with Gasteiger partial charge in [0.2, 0.25) is 0 Å². The third kappa shape index (κ3) is 3.42. The van der Waals surface area contributed by atoms with Gasteiger partial charge in [-0.1, -0.05) is 37.3 Å². The Morgan fingerprint density at radius 2 is 1.75 bits per heavy atom. The molecule has 0 heterocycles. The van der Waals surface area contributed by atoms with Gasteiger partial charge >= 0.3 is 0 Å². The van der Waals surface area contributed by atoms with Crippen molar-refractivity contribution < 1.29 is 8.78 Å². The summed E-state index contributed by atoms with van der Waals surface area (Å²) in [5.41, 5.74) is 2.12. The van der Waals surface area contributed by atoms with Gasteiger partial charge in [-0.3, -0.25) is 0 Å². The molecule has 106 valence electrons. The fourth-order valence-electron chi connectivity index (χ4n) is 2.33. The first-order valence-corrected chi connectivity index (χ1v) is 6.84. The second kappa shape index (κ2) is 6.62. The van der Waals surface area contributed by atoms with Crippen LogP contribution in [0.15, 0.2) is 42.5 Å². The van der Waals surface area contributed by atoms with Crippen LogP contribution in [0.3, 0.4) is 0 Å². The van der Waals surface area contributed by atoms with Crippen LogP contribution in [0.25, 0.3) is 0 Å². The van der Waals surface area contributed by atoms with Crippen molar-refractivity contribution in [2.75, 3.05) is 6.54 Å². The van der Waals surface area contributed by atoms with E-state index in [4.69, 9.17) is 0 Å². The summed E-state index contributed by atoms with van der Waals surface area (Å²) in [7, 11) is 0. The molecule has 0 aliphatic carbocycles. The standard InChI is InChI=1S/C17H19F2N/c1-3-20-17(10-13-7-5-4-6-8-13)14-9-12(2)15(18)11-16(14)19/h4-9,11,17,20H,3,10H2,1-2H3. The molecule has 2 rings (SSSR count). The van der Waals surface area contributed by atoms with Gasteiger partial charge in [0.15, 0.2) is 0 Å². The lowest BCUT2D eigenvalue weighted by Gasteiger charge is -2.20. The third-order valence-corrected chi connectivity index (χ3v) is 3.39. The van der Waals surface area contributed by atoms with Crippen molar-refractivity contribution in [3.8, 4) is 0 Å². The molecule has 1 nitrogen and oxygen atoms in total. The topological polar surface area (TPSA) is 12.0 Å². The van der Waals surface area contributed by atoms with Gasteiger partial charge in [0, 0.05) is 17.7 Å². The Morgan fingerprint density at radius 3 is 2.40 bits per heavy atom. The quantitative estimate of drug-likeness (QED) is 0.863. The predicted molar refractivity (Wildman–Crippen MR) is 77.7 cm³/mol. The molecule has 0 fully saturated rings. The Morgan fingerprint density at radius 1 is 1.05 bits per heavy atom. The van der Waals surface area contributed by atoms with Crippen molar-refractivity contribution >= 4 is 0 Å². The monoisotopic (exact) mass is 275 g/mol. The maximum Gasteiger partial charge on any atom is 0.130 e. The third-order valence-electron chi connectivity index (χ3n) is 3.39. The van der Waals surface area contributed by atoms with E-state index >= 15 is 0 Å². The van der Waals surface area contributed by atoms with Crippen LogP contribution in [0, 0.1) is 18.6 Å². The van der Waals surface area contributed by atoms with E-state index in [-0.39, 0.29) is 6.04 Å². The molecule has 0 aliphatic heterocycles. The zero-order valence-electron chi connectivity index (χ0n) is 11.8. The SMILES string of the molecule is CCNC(Cc1ccccc1)c1cc(C)c(F)cc1F. The Kier molecular flexibility index (Phi) is 4.85. The zero-order valence-corrected chi connectivity index (χ0v) is 11.8. The van der Waals surface area contributed by atoms with Gasteiger partial charge in [-0.15, -0.1) is 0 Å². The van der Waals surface area contributed by atoms with Crippen molar-refractivity contribution in [3.63, 3.8) is 0 Å². The van der Waals surface area contributed by atoms with Crippen molar-refractivity contribution in [2.45, 2.75) is 26.3 Å². The van der Waals surface area contributed by atoms with Gasteiger partial charge in [-0.25, -0.2) is 8.78 Å². The van der Waals surface area contributed by atoms with Gasteiger partial charge in [0.05, 0.1) is 0 Å². The molecule has 0 aromatic heterocycles. The lowest BCUT2D eigenvalue weighted by atomic mass is 9.97. The summed E-state index contributed by atoms with van der Waals surface area (Å²) in [5.74, 6) is -0.990. The minimum atomic E-state index is -0.499. The minimum Gasteiger partial charge on any atom is -0.310 e. The summed E-state index contributed by atoms with van der Waals surface area (Å²) >= 11 is 0. The number of benzene rings is 2. The van der Waals surface area contributed by atoms with E-state index in [1.54, 1.807) is 13.0 Å². The summed E-state index contributed by atoms with van der Waals surface area (Å²) in [6.45, 7) is 4.36. The van der Waals surface area contributed by atoms with Crippen LogP contribution in [0.1, 0.15) is 29.7 Å². The molecular weight excluding hydrogens is 256 g/mol.